The minimum Gasteiger partial charge on any atom is -0.465 e. The molecule has 0 heterocycles. The number of urea groups is 1. The molecule has 2 N–H and O–H groups in total. The highest BCUT2D eigenvalue weighted by Gasteiger charge is 2.13. The smallest absolute Gasteiger partial charge is 0.337 e. The number of ether oxygens (including phenoxy) is 1. The number of amides is 2. The Labute approximate surface area is 135 Å². The van der Waals surface area contributed by atoms with E-state index in [1.54, 1.807) is 24.3 Å². The summed E-state index contributed by atoms with van der Waals surface area (Å²) < 4.78 is 4.67. The van der Waals surface area contributed by atoms with E-state index in [1.165, 1.54) is 7.11 Å². The summed E-state index contributed by atoms with van der Waals surface area (Å²) in [4.78, 5) is 23.7. The molecule has 0 aliphatic heterocycles. The van der Waals surface area contributed by atoms with Crippen molar-refractivity contribution in [1.29, 1.82) is 0 Å². The Morgan fingerprint density at radius 2 is 1.83 bits per heavy atom. The van der Waals surface area contributed by atoms with E-state index in [0.29, 0.717) is 11.3 Å². The Hall–Kier alpha value is -2.82. The van der Waals surface area contributed by atoms with Crippen LogP contribution in [0, 0.1) is 0 Å². The number of esters is 1. The molecule has 2 amide bonds. The number of methoxy groups -OCH3 is 1. The van der Waals surface area contributed by atoms with E-state index in [0.717, 1.165) is 12.0 Å². The summed E-state index contributed by atoms with van der Waals surface area (Å²) in [7, 11) is 1.32. The molecule has 0 aliphatic rings. The topological polar surface area (TPSA) is 67.4 Å². The van der Waals surface area contributed by atoms with Gasteiger partial charge >= 0.3 is 12.0 Å². The van der Waals surface area contributed by atoms with Gasteiger partial charge in [-0.3, -0.25) is 0 Å². The molecule has 1 atom stereocenters. The van der Waals surface area contributed by atoms with Crippen LogP contribution in [0.4, 0.5) is 10.5 Å². The second kappa shape index (κ2) is 7.98. The summed E-state index contributed by atoms with van der Waals surface area (Å²) in [6, 6.07) is 16.0. The Balaban J connectivity index is 2.03. The van der Waals surface area contributed by atoms with Gasteiger partial charge in [0, 0.05) is 5.69 Å². The highest BCUT2D eigenvalue weighted by Crippen LogP contribution is 2.17. The highest BCUT2D eigenvalue weighted by molar-refractivity contribution is 5.94. The lowest BCUT2D eigenvalue weighted by Crippen LogP contribution is -2.32. The van der Waals surface area contributed by atoms with Crippen LogP contribution in [0.3, 0.4) is 0 Å². The number of nitrogens with one attached hydrogen (secondary N) is 2. The molecule has 2 rings (SSSR count). The lowest BCUT2D eigenvalue weighted by molar-refractivity contribution is 0.0600. The lowest BCUT2D eigenvalue weighted by atomic mass is 10.1. The largest absolute Gasteiger partial charge is 0.465 e. The minimum absolute atomic E-state index is 0.0695. The Morgan fingerprint density at radius 1 is 1.09 bits per heavy atom. The van der Waals surface area contributed by atoms with E-state index in [9.17, 15) is 9.59 Å². The number of hydrogen-bond donors (Lipinski definition) is 2. The van der Waals surface area contributed by atoms with Crippen LogP contribution in [0.2, 0.25) is 0 Å². The fraction of sp³-hybridized carbons (Fsp3) is 0.222. The molecule has 0 spiro atoms. The summed E-state index contributed by atoms with van der Waals surface area (Å²) in [5, 5.41) is 5.67. The minimum atomic E-state index is -0.440. The van der Waals surface area contributed by atoms with Gasteiger partial charge in [-0.05, 0) is 30.2 Å². The molecule has 0 bridgehead atoms. The summed E-state index contributed by atoms with van der Waals surface area (Å²) in [6.07, 6.45) is 0.777. The van der Waals surface area contributed by atoms with Gasteiger partial charge in [0.2, 0.25) is 0 Å². The first-order chi connectivity index (χ1) is 11.1. The van der Waals surface area contributed by atoms with Gasteiger partial charge in [0.15, 0.2) is 0 Å². The van der Waals surface area contributed by atoms with E-state index >= 15 is 0 Å². The van der Waals surface area contributed by atoms with Crippen LogP contribution < -0.4 is 10.6 Å². The predicted molar refractivity (Wildman–Crippen MR) is 89.4 cm³/mol. The fourth-order valence-corrected chi connectivity index (χ4v) is 2.27. The molecule has 120 valence electrons. The second-order valence-corrected chi connectivity index (χ2v) is 5.04. The first kappa shape index (κ1) is 16.5. The van der Waals surface area contributed by atoms with Crippen LogP contribution in [0.15, 0.2) is 54.6 Å². The van der Waals surface area contributed by atoms with Crippen molar-refractivity contribution in [3.8, 4) is 0 Å². The van der Waals surface area contributed by atoms with Crippen LogP contribution in [0.1, 0.15) is 35.3 Å². The van der Waals surface area contributed by atoms with Crippen molar-refractivity contribution in [1.82, 2.24) is 5.32 Å². The van der Waals surface area contributed by atoms with E-state index < -0.39 is 5.97 Å². The summed E-state index contributed by atoms with van der Waals surface area (Å²) in [6.45, 7) is 2.01. The van der Waals surface area contributed by atoms with Gasteiger partial charge < -0.3 is 15.4 Å². The Bertz CT molecular complexity index is 671. The maximum Gasteiger partial charge on any atom is 0.337 e. The van der Waals surface area contributed by atoms with Crippen molar-refractivity contribution in [2.24, 2.45) is 0 Å². The van der Waals surface area contributed by atoms with Crippen molar-refractivity contribution in [2.45, 2.75) is 19.4 Å². The number of hydrogen-bond acceptors (Lipinski definition) is 3. The summed E-state index contributed by atoms with van der Waals surface area (Å²) in [5.41, 5.74) is 1.97. The molecule has 0 fully saturated rings. The molecule has 0 aliphatic carbocycles. The van der Waals surface area contributed by atoms with Crippen LogP contribution in [0.25, 0.3) is 0 Å². The SMILES string of the molecule is CCC(NC(=O)Nc1cccc(C(=O)OC)c1)c1ccccc1. The fourth-order valence-electron chi connectivity index (χ4n) is 2.27. The second-order valence-electron chi connectivity index (χ2n) is 5.04. The third kappa shape index (κ3) is 4.57. The van der Waals surface area contributed by atoms with Gasteiger partial charge in [-0.1, -0.05) is 43.3 Å². The molecule has 5 heteroatoms. The van der Waals surface area contributed by atoms with Gasteiger partial charge in [-0.15, -0.1) is 0 Å². The molecule has 0 aromatic heterocycles. The zero-order valence-electron chi connectivity index (χ0n) is 13.2. The molecule has 1 unspecified atom stereocenters. The van der Waals surface area contributed by atoms with E-state index in [4.69, 9.17) is 0 Å². The standard InChI is InChI=1S/C18H20N2O3/c1-3-16(13-8-5-4-6-9-13)20-18(22)19-15-11-7-10-14(12-15)17(21)23-2/h4-12,16H,3H2,1-2H3,(H2,19,20,22). The monoisotopic (exact) mass is 312 g/mol. The summed E-state index contributed by atoms with van der Waals surface area (Å²) in [5.74, 6) is -0.440. The zero-order chi connectivity index (χ0) is 16.7. The lowest BCUT2D eigenvalue weighted by Gasteiger charge is -2.18. The molecule has 2 aromatic carbocycles. The van der Waals surface area contributed by atoms with Crippen molar-refractivity contribution < 1.29 is 14.3 Å². The van der Waals surface area contributed by atoms with Gasteiger partial charge in [0.05, 0.1) is 18.7 Å². The first-order valence-electron chi connectivity index (χ1n) is 7.45. The van der Waals surface area contributed by atoms with Gasteiger partial charge in [-0.2, -0.15) is 0 Å². The highest BCUT2D eigenvalue weighted by atomic mass is 16.5. The zero-order valence-corrected chi connectivity index (χ0v) is 13.2. The number of carbonyl (C=O) groups excluding carboxylic acids is 2. The van der Waals surface area contributed by atoms with E-state index in [1.807, 2.05) is 37.3 Å². The molecule has 23 heavy (non-hydrogen) atoms. The van der Waals surface area contributed by atoms with Crippen molar-refractivity contribution in [3.63, 3.8) is 0 Å². The third-order valence-corrected chi connectivity index (χ3v) is 3.46. The van der Waals surface area contributed by atoms with E-state index in [-0.39, 0.29) is 12.1 Å². The predicted octanol–water partition coefficient (Wildman–Crippen LogP) is 3.75. The van der Waals surface area contributed by atoms with Crippen LogP contribution in [0.5, 0.6) is 0 Å². The maximum absolute atomic E-state index is 12.2. The number of rotatable bonds is 5. The maximum atomic E-state index is 12.2. The number of benzene rings is 2. The average molecular weight is 312 g/mol. The molecule has 0 radical (unpaired) electrons. The molecule has 0 saturated carbocycles. The third-order valence-electron chi connectivity index (χ3n) is 3.46. The van der Waals surface area contributed by atoms with Crippen molar-refractivity contribution >= 4 is 17.7 Å². The molecular weight excluding hydrogens is 292 g/mol. The number of carbonyl (C=O) groups is 2. The molecule has 2 aromatic rings. The normalized spacial score (nSPS) is 11.4. The summed E-state index contributed by atoms with van der Waals surface area (Å²) >= 11 is 0. The Morgan fingerprint density at radius 3 is 2.48 bits per heavy atom. The van der Waals surface area contributed by atoms with Crippen molar-refractivity contribution in [3.05, 3.63) is 65.7 Å². The molecule has 5 nitrogen and oxygen atoms in total. The Kier molecular flexibility index (Phi) is 5.74. The van der Waals surface area contributed by atoms with Gasteiger partial charge in [-0.25, -0.2) is 9.59 Å². The number of anilines is 1. The van der Waals surface area contributed by atoms with Gasteiger partial charge in [0.25, 0.3) is 0 Å². The average Bonchev–Trinajstić information content (AvgIpc) is 2.60. The quantitative estimate of drug-likeness (QED) is 0.826. The van der Waals surface area contributed by atoms with Crippen LogP contribution in [-0.2, 0) is 4.74 Å². The van der Waals surface area contributed by atoms with E-state index in [2.05, 4.69) is 15.4 Å². The molecular formula is C18H20N2O3. The van der Waals surface area contributed by atoms with Gasteiger partial charge in [0.1, 0.15) is 0 Å². The van der Waals surface area contributed by atoms with Crippen LogP contribution in [-0.4, -0.2) is 19.1 Å². The first-order valence-corrected chi connectivity index (χ1v) is 7.45. The van der Waals surface area contributed by atoms with Crippen LogP contribution >= 0.6 is 0 Å². The molecule has 0 saturated heterocycles. The van der Waals surface area contributed by atoms with Crippen molar-refractivity contribution in [2.75, 3.05) is 12.4 Å².